The third kappa shape index (κ3) is 5.11. The number of ether oxygens (including phenoxy) is 1. The van der Waals surface area contributed by atoms with Gasteiger partial charge in [0.15, 0.2) is 5.96 Å². The van der Waals surface area contributed by atoms with Crippen LogP contribution in [-0.4, -0.2) is 49.2 Å². The maximum atomic E-state index is 12.1. The highest BCUT2D eigenvalue weighted by Gasteiger charge is 2.22. The van der Waals surface area contributed by atoms with Crippen molar-refractivity contribution in [1.29, 1.82) is 0 Å². The van der Waals surface area contributed by atoms with Gasteiger partial charge in [0.1, 0.15) is 11.5 Å². The molecule has 1 atom stereocenters. The van der Waals surface area contributed by atoms with Gasteiger partial charge in [-0.2, -0.15) is 0 Å². The molecule has 0 bridgehead atoms. The van der Waals surface area contributed by atoms with Gasteiger partial charge in [-0.3, -0.25) is 4.79 Å². The van der Waals surface area contributed by atoms with Gasteiger partial charge in [0.2, 0.25) is 5.91 Å². The lowest BCUT2D eigenvalue weighted by Gasteiger charge is -2.28. The van der Waals surface area contributed by atoms with Gasteiger partial charge in [-0.05, 0) is 12.5 Å². The zero-order chi connectivity index (χ0) is 21.5. The highest BCUT2D eigenvalue weighted by Crippen LogP contribution is 2.31. The molecule has 0 fully saturated rings. The predicted molar refractivity (Wildman–Crippen MR) is 116 cm³/mol. The van der Waals surface area contributed by atoms with Gasteiger partial charge >= 0.3 is 0 Å². The van der Waals surface area contributed by atoms with Crippen molar-refractivity contribution in [2.75, 3.05) is 27.2 Å². The molecule has 0 saturated carbocycles. The first-order valence-corrected chi connectivity index (χ1v) is 10.5. The molecule has 2 heterocycles. The molecule has 1 aliphatic heterocycles. The van der Waals surface area contributed by atoms with Gasteiger partial charge in [0.05, 0.1) is 31.4 Å². The van der Waals surface area contributed by atoms with Gasteiger partial charge in [0, 0.05) is 38.1 Å². The van der Waals surface area contributed by atoms with Crippen molar-refractivity contribution in [1.82, 2.24) is 20.7 Å². The van der Waals surface area contributed by atoms with Crippen LogP contribution in [-0.2, 0) is 24.2 Å². The molecule has 1 unspecified atom stereocenters. The van der Waals surface area contributed by atoms with E-state index in [4.69, 9.17) is 14.3 Å². The van der Waals surface area contributed by atoms with E-state index in [0.717, 1.165) is 47.6 Å². The molecule has 30 heavy (non-hydrogen) atoms. The number of aromatic nitrogens is 1. The molecule has 3 rings (SSSR count). The maximum absolute atomic E-state index is 12.1. The molecular formula is C22H31N5O3. The monoisotopic (exact) mass is 413 g/mol. The fourth-order valence-electron chi connectivity index (χ4n) is 3.40. The quantitative estimate of drug-likeness (QED) is 0.535. The first-order chi connectivity index (χ1) is 14.5. The molecule has 0 saturated heterocycles. The number of nitrogens with zero attached hydrogens (tertiary/aromatic N) is 3. The zero-order valence-corrected chi connectivity index (χ0v) is 18.2. The van der Waals surface area contributed by atoms with Crippen molar-refractivity contribution >= 4 is 11.9 Å². The molecule has 0 radical (unpaired) electrons. The molecule has 1 aliphatic rings. The second-order valence-corrected chi connectivity index (χ2v) is 7.42. The number of fused-ring (bicyclic) bond motifs is 1. The standard InChI is InChI=1S/C22H31N5O3/c1-5-17-16(19(6-2)30-26-17)13-23-22(24-14-21(28)27(3)4)25-18-11-12-29-20-10-8-7-9-15(18)20/h7-10,18H,5-6,11-14H2,1-4H3,(H2,23,24,25). The lowest BCUT2D eigenvalue weighted by molar-refractivity contribution is -0.127. The number of aryl methyl sites for hydroxylation is 2. The summed E-state index contributed by atoms with van der Waals surface area (Å²) < 4.78 is 11.2. The van der Waals surface area contributed by atoms with E-state index in [1.54, 1.807) is 19.0 Å². The molecule has 1 amide bonds. The van der Waals surface area contributed by atoms with Crippen molar-refractivity contribution in [2.45, 2.75) is 45.7 Å². The first kappa shape index (κ1) is 21.7. The molecule has 1 aromatic heterocycles. The third-order valence-electron chi connectivity index (χ3n) is 5.18. The molecule has 1 aromatic carbocycles. The fourth-order valence-corrected chi connectivity index (χ4v) is 3.40. The molecule has 0 aliphatic carbocycles. The summed E-state index contributed by atoms with van der Waals surface area (Å²) in [4.78, 5) is 18.4. The van der Waals surface area contributed by atoms with Crippen LogP contribution in [0, 0.1) is 0 Å². The number of para-hydroxylation sites is 1. The minimum atomic E-state index is -0.0228. The Labute approximate surface area is 177 Å². The topological polar surface area (TPSA) is 92.0 Å². The molecule has 8 heteroatoms. The normalized spacial score (nSPS) is 15.9. The summed E-state index contributed by atoms with van der Waals surface area (Å²) in [6, 6.07) is 8.05. The summed E-state index contributed by atoms with van der Waals surface area (Å²) in [7, 11) is 3.47. The summed E-state index contributed by atoms with van der Waals surface area (Å²) in [6.07, 6.45) is 2.37. The number of aliphatic imine (C=N–C) groups is 1. The fraction of sp³-hybridized carbons (Fsp3) is 0.500. The van der Waals surface area contributed by atoms with Crippen molar-refractivity contribution in [3.8, 4) is 5.75 Å². The van der Waals surface area contributed by atoms with Gasteiger partial charge < -0.3 is 24.8 Å². The highest BCUT2D eigenvalue weighted by atomic mass is 16.5. The largest absolute Gasteiger partial charge is 0.493 e. The highest BCUT2D eigenvalue weighted by molar-refractivity contribution is 5.86. The van der Waals surface area contributed by atoms with E-state index < -0.39 is 0 Å². The second-order valence-electron chi connectivity index (χ2n) is 7.42. The zero-order valence-electron chi connectivity index (χ0n) is 18.2. The van der Waals surface area contributed by atoms with Gasteiger partial charge in [-0.15, -0.1) is 0 Å². The van der Waals surface area contributed by atoms with Crippen LogP contribution in [0.4, 0.5) is 0 Å². The first-order valence-electron chi connectivity index (χ1n) is 10.5. The van der Waals surface area contributed by atoms with Crippen LogP contribution in [0.25, 0.3) is 0 Å². The number of hydrogen-bond acceptors (Lipinski definition) is 5. The summed E-state index contributed by atoms with van der Waals surface area (Å²) in [5.41, 5.74) is 3.04. The Morgan fingerprint density at radius 1 is 1.27 bits per heavy atom. The summed E-state index contributed by atoms with van der Waals surface area (Å²) in [5.74, 6) is 2.30. The van der Waals surface area contributed by atoms with Crippen LogP contribution >= 0.6 is 0 Å². The number of hydrogen-bond donors (Lipinski definition) is 2. The van der Waals surface area contributed by atoms with Gasteiger partial charge in [0.25, 0.3) is 0 Å². The minimum Gasteiger partial charge on any atom is -0.493 e. The number of guanidine groups is 1. The molecule has 2 aromatic rings. The average molecular weight is 414 g/mol. The van der Waals surface area contributed by atoms with E-state index in [1.807, 2.05) is 25.1 Å². The van der Waals surface area contributed by atoms with Crippen molar-refractivity contribution in [3.63, 3.8) is 0 Å². The maximum Gasteiger partial charge on any atom is 0.241 e. The minimum absolute atomic E-state index is 0.0228. The number of rotatable bonds is 7. The van der Waals surface area contributed by atoms with E-state index >= 15 is 0 Å². The van der Waals surface area contributed by atoms with E-state index in [2.05, 4.69) is 28.8 Å². The number of carbonyl (C=O) groups excluding carboxylic acids is 1. The number of likely N-dealkylation sites (N-methyl/N-ethyl adjacent to an activating group) is 1. The van der Waals surface area contributed by atoms with Crippen LogP contribution < -0.4 is 15.4 Å². The number of amides is 1. The van der Waals surface area contributed by atoms with Gasteiger partial charge in [-0.25, -0.2) is 4.99 Å². The molecule has 0 spiro atoms. The second kappa shape index (κ2) is 10.1. The van der Waals surface area contributed by atoms with Crippen molar-refractivity contribution < 1.29 is 14.1 Å². The van der Waals surface area contributed by atoms with E-state index in [-0.39, 0.29) is 18.5 Å². The Balaban J connectivity index is 1.81. The number of benzene rings is 1. The summed E-state index contributed by atoms with van der Waals surface area (Å²) in [5, 5.41) is 10.8. The SMILES string of the molecule is CCc1noc(CC)c1CN=C(NCC(=O)N(C)C)NC1CCOc2ccccc21. The lowest BCUT2D eigenvalue weighted by atomic mass is 10.0. The Bertz CT molecular complexity index is 869. The number of nitrogens with one attached hydrogen (secondary N) is 2. The van der Waals surface area contributed by atoms with E-state index in [1.165, 1.54) is 0 Å². The van der Waals surface area contributed by atoms with Crippen LogP contribution in [0.3, 0.4) is 0 Å². The van der Waals surface area contributed by atoms with Crippen molar-refractivity contribution in [3.05, 3.63) is 46.8 Å². The van der Waals surface area contributed by atoms with Crippen LogP contribution in [0.1, 0.15) is 48.9 Å². The van der Waals surface area contributed by atoms with Crippen molar-refractivity contribution in [2.24, 2.45) is 4.99 Å². The van der Waals surface area contributed by atoms with E-state index in [9.17, 15) is 4.79 Å². The summed E-state index contributed by atoms with van der Waals surface area (Å²) in [6.45, 7) is 5.32. The van der Waals surface area contributed by atoms with Gasteiger partial charge in [-0.1, -0.05) is 37.2 Å². The number of carbonyl (C=O) groups is 1. The molecule has 2 N–H and O–H groups in total. The van der Waals surface area contributed by atoms with E-state index in [0.29, 0.717) is 19.1 Å². The molecule has 8 nitrogen and oxygen atoms in total. The van der Waals surface area contributed by atoms with Crippen LogP contribution in [0.5, 0.6) is 5.75 Å². The Morgan fingerprint density at radius 2 is 2.07 bits per heavy atom. The lowest BCUT2D eigenvalue weighted by Crippen LogP contribution is -2.45. The van der Waals surface area contributed by atoms with Crippen LogP contribution in [0.15, 0.2) is 33.8 Å². The molecular weight excluding hydrogens is 382 g/mol. The Hall–Kier alpha value is -3.03. The summed E-state index contributed by atoms with van der Waals surface area (Å²) >= 11 is 0. The Morgan fingerprint density at radius 3 is 2.80 bits per heavy atom. The third-order valence-corrected chi connectivity index (χ3v) is 5.18. The Kier molecular flexibility index (Phi) is 7.32. The molecule has 162 valence electrons. The smallest absolute Gasteiger partial charge is 0.241 e. The average Bonchev–Trinajstić information content (AvgIpc) is 3.17. The predicted octanol–water partition coefficient (Wildman–Crippen LogP) is 2.45. The van der Waals surface area contributed by atoms with Crippen LogP contribution in [0.2, 0.25) is 0 Å².